The molecule has 1 aliphatic carbocycles. The highest BCUT2D eigenvalue weighted by atomic mass is 16.6. The number of hydrogen-bond donors (Lipinski definition) is 0. The number of amides is 4. The second-order valence-electron chi connectivity index (χ2n) is 7.69. The minimum atomic E-state index is -1.53. The topological polar surface area (TPSA) is 127 Å². The van der Waals surface area contributed by atoms with Crippen LogP contribution in [0.15, 0.2) is 18.2 Å². The number of methoxy groups -OCH3 is 1. The van der Waals surface area contributed by atoms with Gasteiger partial charge in [-0.25, -0.2) is 9.59 Å². The Morgan fingerprint density at radius 1 is 1.14 bits per heavy atom. The van der Waals surface area contributed by atoms with Gasteiger partial charge in [0.15, 0.2) is 0 Å². The first-order valence-electron chi connectivity index (χ1n) is 8.98. The highest BCUT2D eigenvalue weighted by Gasteiger charge is 2.78. The van der Waals surface area contributed by atoms with Crippen LogP contribution in [0.1, 0.15) is 35.7 Å². The lowest BCUT2D eigenvalue weighted by atomic mass is 9.91. The number of carbonyl (C=O) groups is 4. The number of benzene rings is 1. The van der Waals surface area contributed by atoms with E-state index in [2.05, 4.69) is 4.74 Å². The molecule has 1 saturated heterocycles. The van der Waals surface area contributed by atoms with Crippen LogP contribution in [0.25, 0.3) is 0 Å². The van der Waals surface area contributed by atoms with Crippen LogP contribution in [0, 0.1) is 27.4 Å². The molecule has 1 aromatic rings. The number of rotatable bonds is 4. The summed E-state index contributed by atoms with van der Waals surface area (Å²) in [6.45, 7) is 3.67. The Kier molecular flexibility index (Phi) is 4.68. The lowest BCUT2D eigenvalue weighted by Gasteiger charge is -2.34. The highest BCUT2D eigenvalue weighted by molar-refractivity contribution is 6.22. The maximum Gasteiger partial charge on any atom is 0.338 e. The van der Waals surface area contributed by atoms with Crippen molar-refractivity contribution in [3.8, 4) is 0 Å². The Bertz CT molecular complexity index is 931. The van der Waals surface area contributed by atoms with Crippen LogP contribution in [0.3, 0.4) is 0 Å². The first kappa shape index (κ1) is 20.4. The standard InChI is InChI=1S/C19H21N3O7/c1-9(2)13-14(19(13)16(24)20(3)18(26)21(4)17(19)25)10-6-11(15(23)29-5)8-12(7-10)22(27)28/h6-9,13-14H,1-5H3/t13-,14-/m1/s1. The van der Waals surface area contributed by atoms with Crippen LogP contribution in [0.5, 0.6) is 0 Å². The van der Waals surface area contributed by atoms with Crippen LogP contribution in [0.2, 0.25) is 0 Å². The number of non-ortho nitro benzene ring substituents is 1. The van der Waals surface area contributed by atoms with Gasteiger partial charge in [0.2, 0.25) is 11.8 Å². The van der Waals surface area contributed by atoms with Crippen molar-refractivity contribution in [3.05, 3.63) is 39.4 Å². The van der Waals surface area contributed by atoms with Crippen LogP contribution >= 0.6 is 0 Å². The first-order chi connectivity index (χ1) is 13.5. The van der Waals surface area contributed by atoms with Crippen LogP contribution < -0.4 is 0 Å². The van der Waals surface area contributed by atoms with Crippen molar-refractivity contribution in [2.75, 3.05) is 21.2 Å². The molecule has 2 atom stereocenters. The Morgan fingerprint density at radius 2 is 1.69 bits per heavy atom. The summed E-state index contributed by atoms with van der Waals surface area (Å²) in [5, 5.41) is 11.4. The molecule has 2 fully saturated rings. The molecule has 1 aliphatic heterocycles. The van der Waals surface area contributed by atoms with E-state index in [1.165, 1.54) is 26.2 Å². The fraction of sp³-hybridized carbons (Fsp3) is 0.474. The van der Waals surface area contributed by atoms with Crippen molar-refractivity contribution in [2.24, 2.45) is 17.3 Å². The summed E-state index contributed by atoms with van der Waals surface area (Å²) in [6.07, 6.45) is 0. The number of nitro groups is 1. The maximum absolute atomic E-state index is 13.1. The molecule has 10 heteroatoms. The molecule has 0 unspecified atom stereocenters. The minimum Gasteiger partial charge on any atom is -0.465 e. The van der Waals surface area contributed by atoms with E-state index in [1.807, 2.05) is 13.8 Å². The van der Waals surface area contributed by atoms with Gasteiger partial charge >= 0.3 is 12.0 Å². The van der Waals surface area contributed by atoms with Gasteiger partial charge in [0.25, 0.3) is 5.69 Å². The van der Waals surface area contributed by atoms with Gasteiger partial charge in [-0.05, 0) is 23.5 Å². The van der Waals surface area contributed by atoms with Gasteiger partial charge in [-0.2, -0.15) is 0 Å². The summed E-state index contributed by atoms with van der Waals surface area (Å²) in [4.78, 5) is 62.9. The molecule has 154 valence electrons. The van der Waals surface area contributed by atoms with E-state index in [9.17, 15) is 29.3 Å². The molecule has 1 aromatic carbocycles. The summed E-state index contributed by atoms with van der Waals surface area (Å²) >= 11 is 0. The molecule has 2 aliphatic rings. The number of barbiturate groups is 1. The molecule has 29 heavy (non-hydrogen) atoms. The van der Waals surface area contributed by atoms with E-state index in [1.54, 1.807) is 0 Å². The zero-order valence-electron chi connectivity index (χ0n) is 16.7. The zero-order chi connectivity index (χ0) is 21.8. The predicted octanol–water partition coefficient (Wildman–Crippen LogP) is 1.79. The van der Waals surface area contributed by atoms with E-state index in [4.69, 9.17) is 0 Å². The third-order valence-corrected chi connectivity index (χ3v) is 5.81. The summed E-state index contributed by atoms with van der Waals surface area (Å²) < 4.78 is 4.67. The number of ether oxygens (including phenoxy) is 1. The Labute approximate surface area is 166 Å². The van der Waals surface area contributed by atoms with Crippen molar-refractivity contribution in [2.45, 2.75) is 19.8 Å². The highest BCUT2D eigenvalue weighted by Crippen LogP contribution is 2.70. The number of nitro benzene ring substituents is 1. The van der Waals surface area contributed by atoms with Gasteiger partial charge in [0.1, 0.15) is 5.41 Å². The lowest BCUT2D eigenvalue weighted by molar-refractivity contribution is -0.385. The Morgan fingerprint density at radius 3 is 2.14 bits per heavy atom. The zero-order valence-corrected chi connectivity index (χ0v) is 16.7. The summed E-state index contributed by atoms with van der Waals surface area (Å²) in [7, 11) is 3.75. The van der Waals surface area contributed by atoms with Gasteiger partial charge in [-0.3, -0.25) is 29.5 Å². The second-order valence-corrected chi connectivity index (χ2v) is 7.69. The average molecular weight is 403 g/mol. The average Bonchev–Trinajstić information content (AvgIpc) is 3.40. The summed E-state index contributed by atoms with van der Waals surface area (Å²) in [6, 6.07) is 3.03. The van der Waals surface area contributed by atoms with Crippen molar-refractivity contribution >= 4 is 29.5 Å². The smallest absolute Gasteiger partial charge is 0.338 e. The molecular formula is C19H21N3O7. The van der Waals surface area contributed by atoms with Crippen molar-refractivity contribution in [1.29, 1.82) is 0 Å². The van der Waals surface area contributed by atoms with E-state index < -0.39 is 46.0 Å². The third kappa shape index (κ3) is 2.70. The lowest BCUT2D eigenvalue weighted by Crippen LogP contribution is -2.59. The van der Waals surface area contributed by atoms with Crippen LogP contribution in [-0.2, 0) is 14.3 Å². The van der Waals surface area contributed by atoms with Gasteiger partial charge in [-0.1, -0.05) is 13.8 Å². The number of carbonyl (C=O) groups excluding carboxylic acids is 4. The van der Waals surface area contributed by atoms with E-state index in [0.717, 1.165) is 23.0 Å². The molecule has 1 saturated carbocycles. The monoisotopic (exact) mass is 403 g/mol. The fourth-order valence-electron chi connectivity index (χ4n) is 4.55. The van der Waals surface area contributed by atoms with Crippen molar-refractivity contribution in [3.63, 3.8) is 0 Å². The second kappa shape index (κ2) is 6.64. The third-order valence-electron chi connectivity index (χ3n) is 5.81. The number of imide groups is 2. The first-order valence-corrected chi connectivity index (χ1v) is 8.98. The van der Waals surface area contributed by atoms with E-state index >= 15 is 0 Å². The Balaban J connectivity index is 2.20. The van der Waals surface area contributed by atoms with E-state index in [-0.39, 0.29) is 17.2 Å². The predicted molar refractivity (Wildman–Crippen MR) is 98.9 cm³/mol. The van der Waals surface area contributed by atoms with E-state index in [0.29, 0.717) is 5.56 Å². The molecule has 0 aromatic heterocycles. The van der Waals surface area contributed by atoms with Gasteiger partial charge in [-0.15, -0.1) is 0 Å². The van der Waals surface area contributed by atoms with Gasteiger partial charge in [0, 0.05) is 32.1 Å². The maximum atomic E-state index is 13.1. The van der Waals surface area contributed by atoms with Gasteiger partial charge < -0.3 is 4.74 Å². The molecule has 0 bridgehead atoms. The molecule has 1 spiro atoms. The van der Waals surface area contributed by atoms with Crippen molar-refractivity contribution < 1.29 is 28.8 Å². The number of nitrogens with zero attached hydrogens (tertiary/aromatic N) is 3. The molecule has 1 heterocycles. The van der Waals surface area contributed by atoms with Gasteiger partial charge in [0.05, 0.1) is 17.6 Å². The Hall–Kier alpha value is -3.30. The number of esters is 1. The molecular weight excluding hydrogens is 382 g/mol. The molecule has 0 N–H and O–H groups in total. The summed E-state index contributed by atoms with van der Waals surface area (Å²) in [5.74, 6) is -3.36. The SMILES string of the molecule is COC(=O)c1cc([C@@H]2[C@@H](C(C)C)C23C(=O)N(C)C(=O)N(C)C3=O)cc([N+](=O)[O-])c1. The quantitative estimate of drug-likeness (QED) is 0.324. The fourth-order valence-corrected chi connectivity index (χ4v) is 4.55. The molecule has 0 radical (unpaired) electrons. The minimum absolute atomic E-state index is 0.0465. The molecule has 3 rings (SSSR count). The number of urea groups is 1. The van der Waals surface area contributed by atoms with Crippen molar-refractivity contribution in [1.82, 2.24) is 9.80 Å². The normalized spacial score (nSPS) is 23.0. The van der Waals surface area contributed by atoms with Crippen LogP contribution in [0.4, 0.5) is 10.5 Å². The molecule has 10 nitrogen and oxygen atoms in total. The molecule has 4 amide bonds. The largest absolute Gasteiger partial charge is 0.465 e. The number of hydrogen-bond acceptors (Lipinski definition) is 7. The summed E-state index contributed by atoms with van der Waals surface area (Å²) in [5.41, 5.74) is -1.61. The van der Waals surface area contributed by atoms with Crippen LogP contribution in [-0.4, -0.2) is 59.7 Å².